The Labute approximate surface area is 64.8 Å². The Morgan fingerprint density at radius 1 is 1.36 bits per heavy atom. The highest BCUT2D eigenvalue weighted by molar-refractivity contribution is 5.93. The molecule has 2 heteroatoms. The predicted octanol–water partition coefficient (Wildman–Crippen LogP) is 1.92. The lowest BCUT2D eigenvalue weighted by molar-refractivity contribution is 0.0422. The largest absolute Gasteiger partial charge is 0.454 e. The third-order valence-corrected chi connectivity index (χ3v) is 1.90. The van der Waals surface area contributed by atoms with E-state index in [1.807, 2.05) is 25.1 Å². The molecule has 1 aromatic carbocycles. The van der Waals surface area contributed by atoms with E-state index in [-0.39, 0.29) is 12.1 Å². The number of fused-ring (bicyclic) bond motifs is 1. The Morgan fingerprint density at radius 2 is 2.09 bits per heavy atom. The zero-order valence-electron chi connectivity index (χ0n) is 6.20. The summed E-state index contributed by atoms with van der Waals surface area (Å²) in [5.74, 6) is -0.201. The number of cyclic esters (lactones) is 1. The predicted molar refractivity (Wildman–Crippen MR) is 40.3 cm³/mol. The van der Waals surface area contributed by atoms with Crippen molar-refractivity contribution in [1.82, 2.24) is 0 Å². The molecule has 1 atom stereocenters. The number of carbonyl (C=O) groups excluding carboxylic acids is 1. The molecule has 0 saturated heterocycles. The highest BCUT2D eigenvalue weighted by Gasteiger charge is 2.26. The second-order valence-corrected chi connectivity index (χ2v) is 2.63. The lowest BCUT2D eigenvalue weighted by atomic mass is 10.1. The third kappa shape index (κ3) is 0.827. The quantitative estimate of drug-likeness (QED) is 0.525. The van der Waals surface area contributed by atoms with E-state index in [9.17, 15) is 4.79 Å². The van der Waals surface area contributed by atoms with Gasteiger partial charge < -0.3 is 4.74 Å². The first-order chi connectivity index (χ1) is 5.29. The number of hydrogen-bond donors (Lipinski definition) is 0. The van der Waals surface area contributed by atoms with E-state index in [0.29, 0.717) is 5.56 Å². The topological polar surface area (TPSA) is 26.3 Å². The molecule has 11 heavy (non-hydrogen) atoms. The van der Waals surface area contributed by atoms with Gasteiger partial charge in [-0.2, -0.15) is 0 Å². The van der Waals surface area contributed by atoms with E-state index in [0.717, 1.165) is 5.56 Å². The first-order valence-corrected chi connectivity index (χ1v) is 3.59. The molecule has 1 aliphatic rings. The highest BCUT2D eigenvalue weighted by Crippen LogP contribution is 2.29. The van der Waals surface area contributed by atoms with Gasteiger partial charge in [-0.05, 0) is 13.0 Å². The van der Waals surface area contributed by atoms with E-state index in [1.54, 1.807) is 6.07 Å². The minimum atomic E-state index is -0.201. The zero-order valence-corrected chi connectivity index (χ0v) is 6.20. The molecule has 0 fully saturated rings. The second-order valence-electron chi connectivity index (χ2n) is 2.63. The lowest BCUT2D eigenvalue weighted by Crippen LogP contribution is -1.93. The SMILES string of the molecule is C[C@@H]1OC(=O)c2ccccc21. The smallest absolute Gasteiger partial charge is 0.339 e. The van der Waals surface area contributed by atoms with Crippen molar-refractivity contribution in [3.05, 3.63) is 35.4 Å². The minimum Gasteiger partial charge on any atom is -0.454 e. The van der Waals surface area contributed by atoms with Crippen LogP contribution in [0.3, 0.4) is 0 Å². The molecule has 0 amide bonds. The second kappa shape index (κ2) is 2.09. The van der Waals surface area contributed by atoms with Gasteiger partial charge in [0.2, 0.25) is 0 Å². The van der Waals surface area contributed by atoms with Crippen molar-refractivity contribution < 1.29 is 9.53 Å². The number of hydrogen-bond acceptors (Lipinski definition) is 2. The van der Waals surface area contributed by atoms with Gasteiger partial charge >= 0.3 is 5.97 Å². The van der Waals surface area contributed by atoms with Gasteiger partial charge in [0.25, 0.3) is 0 Å². The third-order valence-electron chi connectivity index (χ3n) is 1.90. The van der Waals surface area contributed by atoms with Gasteiger partial charge in [-0.1, -0.05) is 18.2 Å². The summed E-state index contributed by atoms with van der Waals surface area (Å²) in [4.78, 5) is 11.1. The van der Waals surface area contributed by atoms with Crippen LogP contribution in [0.5, 0.6) is 0 Å². The van der Waals surface area contributed by atoms with Crippen LogP contribution in [0, 0.1) is 0 Å². The Kier molecular flexibility index (Phi) is 1.22. The zero-order chi connectivity index (χ0) is 7.84. The molecular formula is C9H8O2. The maximum Gasteiger partial charge on any atom is 0.339 e. The maximum atomic E-state index is 11.1. The van der Waals surface area contributed by atoms with Gasteiger partial charge in [0, 0.05) is 5.56 Å². The number of carbonyl (C=O) groups is 1. The average molecular weight is 148 g/mol. The highest BCUT2D eigenvalue weighted by atomic mass is 16.5. The van der Waals surface area contributed by atoms with Gasteiger partial charge in [-0.15, -0.1) is 0 Å². The number of benzene rings is 1. The van der Waals surface area contributed by atoms with Crippen LogP contribution in [-0.2, 0) is 4.74 Å². The molecular weight excluding hydrogens is 140 g/mol. The van der Waals surface area contributed by atoms with Crippen molar-refractivity contribution in [2.75, 3.05) is 0 Å². The van der Waals surface area contributed by atoms with Gasteiger partial charge in [-0.25, -0.2) is 4.79 Å². The molecule has 1 heterocycles. The Bertz CT molecular complexity index is 304. The fourth-order valence-corrected chi connectivity index (χ4v) is 1.32. The summed E-state index contributed by atoms with van der Waals surface area (Å²) < 4.78 is 4.99. The summed E-state index contributed by atoms with van der Waals surface area (Å²) in [6, 6.07) is 7.47. The maximum absolute atomic E-state index is 11.1. The molecule has 0 radical (unpaired) electrons. The van der Waals surface area contributed by atoms with Crippen LogP contribution in [0.4, 0.5) is 0 Å². The van der Waals surface area contributed by atoms with E-state index in [4.69, 9.17) is 4.74 Å². The fraction of sp³-hybridized carbons (Fsp3) is 0.222. The molecule has 0 N–H and O–H groups in total. The van der Waals surface area contributed by atoms with Crippen LogP contribution in [-0.4, -0.2) is 5.97 Å². The van der Waals surface area contributed by atoms with Gasteiger partial charge in [-0.3, -0.25) is 0 Å². The summed E-state index contributed by atoms with van der Waals surface area (Å²) in [6.07, 6.45) is -0.0706. The normalized spacial score (nSPS) is 21.2. The molecule has 0 aromatic heterocycles. The van der Waals surface area contributed by atoms with Crippen LogP contribution < -0.4 is 0 Å². The van der Waals surface area contributed by atoms with Crippen LogP contribution in [0.25, 0.3) is 0 Å². The summed E-state index contributed by atoms with van der Waals surface area (Å²) in [7, 11) is 0. The lowest BCUT2D eigenvalue weighted by Gasteiger charge is -1.99. The van der Waals surface area contributed by atoms with Crippen molar-refractivity contribution in [1.29, 1.82) is 0 Å². The monoisotopic (exact) mass is 148 g/mol. The Hall–Kier alpha value is -1.31. The molecule has 1 aromatic rings. The van der Waals surface area contributed by atoms with Gasteiger partial charge in [0.15, 0.2) is 0 Å². The van der Waals surface area contributed by atoms with Crippen molar-refractivity contribution in [3.63, 3.8) is 0 Å². The van der Waals surface area contributed by atoms with Crippen LogP contribution in [0.1, 0.15) is 28.9 Å². The van der Waals surface area contributed by atoms with Gasteiger partial charge in [0.05, 0.1) is 5.56 Å². The van der Waals surface area contributed by atoms with Crippen molar-refractivity contribution in [2.24, 2.45) is 0 Å². The molecule has 1 aliphatic heterocycles. The number of esters is 1. The molecule has 0 unspecified atom stereocenters. The summed E-state index contributed by atoms with van der Waals surface area (Å²) >= 11 is 0. The summed E-state index contributed by atoms with van der Waals surface area (Å²) in [5.41, 5.74) is 1.71. The standard InChI is InChI=1S/C9H8O2/c1-6-7-4-2-3-5-8(7)9(10)11-6/h2-6H,1H3/t6-/m0/s1. The van der Waals surface area contributed by atoms with Gasteiger partial charge in [0.1, 0.15) is 6.10 Å². The molecule has 0 aliphatic carbocycles. The van der Waals surface area contributed by atoms with Crippen molar-refractivity contribution in [3.8, 4) is 0 Å². The average Bonchev–Trinajstić information content (AvgIpc) is 2.30. The minimum absolute atomic E-state index is 0.0706. The van der Waals surface area contributed by atoms with Crippen molar-refractivity contribution >= 4 is 5.97 Å². The molecule has 0 spiro atoms. The molecule has 0 saturated carbocycles. The van der Waals surface area contributed by atoms with Crippen LogP contribution in [0.2, 0.25) is 0 Å². The van der Waals surface area contributed by atoms with Crippen LogP contribution in [0.15, 0.2) is 24.3 Å². The molecule has 2 rings (SSSR count). The summed E-state index contributed by atoms with van der Waals surface area (Å²) in [6.45, 7) is 1.88. The fourth-order valence-electron chi connectivity index (χ4n) is 1.32. The first kappa shape index (κ1) is 6.40. The molecule has 0 bridgehead atoms. The summed E-state index contributed by atoms with van der Waals surface area (Å²) in [5, 5.41) is 0. The molecule has 2 nitrogen and oxygen atoms in total. The number of rotatable bonds is 0. The van der Waals surface area contributed by atoms with E-state index in [1.165, 1.54) is 0 Å². The first-order valence-electron chi connectivity index (χ1n) is 3.59. The van der Waals surface area contributed by atoms with Crippen molar-refractivity contribution in [2.45, 2.75) is 13.0 Å². The van der Waals surface area contributed by atoms with E-state index < -0.39 is 0 Å². The number of ether oxygens (including phenoxy) is 1. The van der Waals surface area contributed by atoms with Crippen LogP contribution >= 0.6 is 0 Å². The Balaban J connectivity index is 2.60. The Morgan fingerprint density at radius 3 is 2.82 bits per heavy atom. The molecule has 56 valence electrons. The van der Waals surface area contributed by atoms with E-state index in [2.05, 4.69) is 0 Å². The van der Waals surface area contributed by atoms with E-state index >= 15 is 0 Å².